The quantitative estimate of drug-likeness (QED) is 0.387. The molecule has 0 unspecified atom stereocenters. The smallest absolute Gasteiger partial charge is 0 e. The summed E-state index contributed by atoms with van der Waals surface area (Å²) in [5.74, 6) is 0. The van der Waals surface area contributed by atoms with Crippen LogP contribution in [0.15, 0.2) is 0 Å². The standard InChI is InChI=1S/C11H20.C10H18.2Y/c1-5-11(7-6-8-11)9-10(2,3)4;1-5-10(6-2)8-7-9(10,3)4;;/h1-2,5-9H2,3-4H3;1-2,5-8H2,3-4H3;;/q2*-2;;. The molecule has 2 rings (SSSR count). The molecule has 0 aliphatic heterocycles. The topological polar surface area (TPSA) is 0 Å². The Morgan fingerprint density at radius 3 is 1.35 bits per heavy atom. The first-order chi connectivity index (χ1) is 9.55. The van der Waals surface area contributed by atoms with Crippen LogP contribution < -0.4 is 0 Å². The maximum absolute atomic E-state index is 4.16. The molecule has 23 heavy (non-hydrogen) atoms. The maximum atomic E-state index is 4.16. The summed E-state index contributed by atoms with van der Waals surface area (Å²) in [5.41, 5.74) is 1.81. The zero-order valence-corrected chi connectivity index (χ0v) is 22.0. The summed E-state index contributed by atoms with van der Waals surface area (Å²) < 4.78 is 0. The van der Waals surface area contributed by atoms with Crippen LogP contribution in [-0.4, -0.2) is 0 Å². The van der Waals surface area contributed by atoms with Gasteiger partial charge in [-0.1, -0.05) is 70.6 Å². The van der Waals surface area contributed by atoms with Crippen LogP contribution in [0, 0.1) is 49.4 Å². The molecule has 2 aliphatic carbocycles. The van der Waals surface area contributed by atoms with Gasteiger partial charge in [0, 0.05) is 65.4 Å². The van der Waals surface area contributed by atoms with Crippen molar-refractivity contribution >= 4 is 0 Å². The van der Waals surface area contributed by atoms with Crippen LogP contribution in [0.1, 0.15) is 85.5 Å². The van der Waals surface area contributed by atoms with Crippen molar-refractivity contribution in [2.24, 2.45) is 21.7 Å². The summed E-state index contributed by atoms with van der Waals surface area (Å²) in [4.78, 5) is 0. The van der Waals surface area contributed by atoms with Crippen LogP contribution >= 0.6 is 0 Å². The van der Waals surface area contributed by atoms with Crippen molar-refractivity contribution in [1.29, 1.82) is 0 Å². The second kappa shape index (κ2) is 10.5. The minimum atomic E-state index is 0. The van der Waals surface area contributed by atoms with Crippen molar-refractivity contribution in [3.8, 4) is 0 Å². The molecule has 0 heterocycles. The van der Waals surface area contributed by atoms with Gasteiger partial charge in [0.25, 0.3) is 0 Å². The van der Waals surface area contributed by atoms with Gasteiger partial charge < -0.3 is 27.7 Å². The first-order valence-electron chi connectivity index (χ1n) is 8.79. The molecule has 0 aromatic rings. The molecule has 0 saturated heterocycles. The molecule has 132 valence electrons. The number of hydrogen-bond donors (Lipinski definition) is 0. The van der Waals surface area contributed by atoms with Gasteiger partial charge >= 0.3 is 0 Å². The van der Waals surface area contributed by atoms with Crippen molar-refractivity contribution in [1.82, 2.24) is 0 Å². The van der Waals surface area contributed by atoms with Gasteiger partial charge in [0.2, 0.25) is 0 Å². The van der Waals surface area contributed by atoms with Crippen LogP contribution in [0.3, 0.4) is 0 Å². The molecular weight excluding hydrogens is 430 g/mol. The Kier molecular flexibility index (Phi) is 12.5. The molecule has 2 aliphatic rings. The van der Waals surface area contributed by atoms with Gasteiger partial charge in [-0.05, 0) is 11.8 Å². The minimum absolute atomic E-state index is 0. The molecule has 2 radical (unpaired) electrons. The van der Waals surface area contributed by atoms with Gasteiger partial charge in [-0.3, -0.25) is 0 Å². The van der Waals surface area contributed by atoms with Crippen molar-refractivity contribution < 1.29 is 65.4 Å². The Morgan fingerprint density at radius 2 is 1.30 bits per heavy atom. The summed E-state index contributed by atoms with van der Waals surface area (Å²) in [6, 6.07) is 0. The van der Waals surface area contributed by atoms with Gasteiger partial charge in [-0.15, -0.1) is 0 Å². The van der Waals surface area contributed by atoms with E-state index in [-0.39, 0.29) is 70.8 Å². The van der Waals surface area contributed by atoms with E-state index in [9.17, 15) is 0 Å². The van der Waals surface area contributed by atoms with Gasteiger partial charge in [0.15, 0.2) is 0 Å². The first-order valence-corrected chi connectivity index (χ1v) is 8.79. The van der Waals surface area contributed by atoms with E-state index >= 15 is 0 Å². The van der Waals surface area contributed by atoms with E-state index in [2.05, 4.69) is 55.4 Å². The van der Waals surface area contributed by atoms with Crippen LogP contribution in [0.25, 0.3) is 0 Å². The van der Waals surface area contributed by atoms with E-state index in [1.807, 2.05) is 0 Å². The fraction of sp³-hybridized carbons (Fsp3) is 0.810. The summed E-state index contributed by atoms with van der Waals surface area (Å²) in [7, 11) is 0. The van der Waals surface area contributed by atoms with Crippen LogP contribution in [-0.2, 0) is 65.4 Å². The van der Waals surface area contributed by atoms with E-state index in [1.54, 1.807) is 0 Å². The molecule has 0 aromatic carbocycles. The second-order valence-corrected chi connectivity index (χ2v) is 9.11. The van der Waals surface area contributed by atoms with E-state index in [4.69, 9.17) is 0 Å². The summed E-state index contributed by atoms with van der Waals surface area (Å²) >= 11 is 0. The number of rotatable bonds is 5. The van der Waals surface area contributed by atoms with Crippen LogP contribution in [0.5, 0.6) is 0 Å². The zero-order valence-electron chi connectivity index (χ0n) is 16.3. The van der Waals surface area contributed by atoms with Crippen molar-refractivity contribution in [2.45, 2.75) is 85.5 Å². The predicted molar refractivity (Wildman–Crippen MR) is 95.4 cm³/mol. The Hall–Kier alpha value is 2.21. The van der Waals surface area contributed by atoms with Crippen molar-refractivity contribution in [2.75, 3.05) is 0 Å². The number of hydrogen-bond acceptors (Lipinski definition) is 0. The fourth-order valence-electron chi connectivity index (χ4n) is 4.24. The van der Waals surface area contributed by atoms with Crippen LogP contribution in [0.4, 0.5) is 0 Å². The van der Waals surface area contributed by atoms with Crippen molar-refractivity contribution in [3.05, 3.63) is 27.7 Å². The second-order valence-electron chi connectivity index (χ2n) is 9.11. The van der Waals surface area contributed by atoms with Gasteiger partial charge in [0.05, 0.1) is 0 Å². The SMILES string of the molecule is [CH2-]CC1(CC([CH2-])(C)C)CCC1.[CH2-]CC1(C[CH2-])CCC1(C)C.[Y].[Y]. The first kappa shape index (κ1) is 27.4. The monoisotopic (exact) mass is 468 g/mol. The third-order valence-corrected chi connectivity index (χ3v) is 6.42. The Balaban J connectivity index is 0. The molecule has 2 saturated carbocycles. The molecule has 0 N–H and O–H groups in total. The van der Waals surface area contributed by atoms with Gasteiger partial charge in [-0.2, -0.15) is 24.7 Å². The van der Waals surface area contributed by atoms with Crippen LogP contribution in [0.2, 0.25) is 0 Å². The van der Waals surface area contributed by atoms with E-state index < -0.39 is 0 Å². The molecule has 0 spiro atoms. The fourth-order valence-corrected chi connectivity index (χ4v) is 4.24. The average molecular weight is 468 g/mol. The van der Waals surface area contributed by atoms with E-state index in [0.717, 1.165) is 19.3 Å². The third kappa shape index (κ3) is 7.03. The van der Waals surface area contributed by atoms with E-state index in [1.165, 1.54) is 38.5 Å². The molecule has 2 heteroatoms. The third-order valence-electron chi connectivity index (χ3n) is 6.42. The van der Waals surface area contributed by atoms with Gasteiger partial charge in [-0.25, -0.2) is 0 Å². The van der Waals surface area contributed by atoms with Gasteiger partial charge in [0.1, 0.15) is 0 Å². The predicted octanol–water partition coefficient (Wildman–Crippen LogP) is 6.87. The molecule has 0 amide bonds. The molecule has 0 bridgehead atoms. The maximum Gasteiger partial charge on any atom is 0 e. The van der Waals surface area contributed by atoms with E-state index in [0.29, 0.717) is 16.2 Å². The summed E-state index contributed by atoms with van der Waals surface area (Å²) in [6.45, 7) is 25.3. The largest absolute Gasteiger partial charge is 0.343 e. The average Bonchev–Trinajstić information content (AvgIpc) is 2.34. The molecular formula is C21H38Y2-4. The molecule has 2 fully saturated rings. The van der Waals surface area contributed by atoms with Crippen molar-refractivity contribution in [3.63, 3.8) is 0 Å². The molecule has 0 atom stereocenters. The normalized spacial score (nSPS) is 23.0. The molecule has 0 nitrogen and oxygen atoms in total. The Morgan fingerprint density at radius 1 is 0.826 bits per heavy atom. The summed E-state index contributed by atoms with van der Waals surface area (Å²) in [5, 5.41) is 0. The Bertz CT molecular complexity index is 306. The Labute approximate surface area is 198 Å². The molecule has 0 aromatic heterocycles. The zero-order chi connectivity index (χ0) is 16.4. The summed E-state index contributed by atoms with van der Waals surface area (Å²) in [6.07, 6.45) is 11.4. The minimum Gasteiger partial charge on any atom is -0.343 e.